The molecule has 3 rings (SSSR count). The van der Waals surface area contributed by atoms with Crippen LogP contribution in [0, 0.1) is 11.6 Å². The summed E-state index contributed by atoms with van der Waals surface area (Å²) in [5.41, 5.74) is 0.800. The second kappa shape index (κ2) is 11.0. The van der Waals surface area contributed by atoms with Crippen LogP contribution in [0.25, 0.3) is 0 Å². The summed E-state index contributed by atoms with van der Waals surface area (Å²) in [7, 11) is 0. The number of halogens is 2. The minimum atomic E-state index is -0.882. The predicted molar refractivity (Wildman–Crippen MR) is 110 cm³/mol. The largest absolute Gasteiger partial charge is 0.374 e. The third kappa shape index (κ3) is 6.57. The predicted octanol–water partition coefficient (Wildman–Crippen LogP) is 2.46. The Labute approximate surface area is 180 Å². The van der Waals surface area contributed by atoms with Gasteiger partial charge in [0, 0.05) is 32.0 Å². The summed E-state index contributed by atoms with van der Waals surface area (Å²) in [5.74, 6) is -1.43. The Kier molecular flexibility index (Phi) is 8.08. The number of amides is 2. The van der Waals surface area contributed by atoms with E-state index >= 15 is 0 Å². The van der Waals surface area contributed by atoms with Crippen molar-refractivity contribution in [3.8, 4) is 0 Å². The molecule has 2 aromatic rings. The maximum atomic E-state index is 14.1. The number of hydrogen-bond donors (Lipinski definition) is 1. The summed E-state index contributed by atoms with van der Waals surface area (Å²) in [4.78, 5) is 26.3. The van der Waals surface area contributed by atoms with Gasteiger partial charge in [0.1, 0.15) is 17.7 Å². The molecule has 1 saturated heterocycles. The summed E-state index contributed by atoms with van der Waals surface area (Å²) in [6, 6.07) is 11.6. The van der Waals surface area contributed by atoms with Crippen LogP contribution in [0.4, 0.5) is 8.78 Å². The summed E-state index contributed by atoms with van der Waals surface area (Å²) in [6.07, 6.45) is -0.326. The van der Waals surface area contributed by atoms with E-state index in [0.29, 0.717) is 24.3 Å². The SMILES string of the molecule is CC(=O)NC(Cc1ccccc1F)C(=O)N1CCOC(COCc2ccccc2F)C1. The van der Waals surface area contributed by atoms with Gasteiger partial charge in [-0.3, -0.25) is 9.59 Å². The molecule has 0 spiro atoms. The molecule has 0 aliphatic carbocycles. The highest BCUT2D eigenvalue weighted by Crippen LogP contribution is 2.14. The van der Waals surface area contributed by atoms with Gasteiger partial charge >= 0.3 is 0 Å². The van der Waals surface area contributed by atoms with E-state index in [9.17, 15) is 18.4 Å². The van der Waals surface area contributed by atoms with Crippen LogP contribution in [-0.4, -0.2) is 55.2 Å². The number of morpholine rings is 1. The van der Waals surface area contributed by atoms with Crippen LogP contribution in [0.15, 0.2) is 48.5 Å². The van der Waals surface area contributed by atoms with Crippen molar-refractivity contribution in [3.05, 3.63) is 71.3 Å². The molecule has 166 valence electrons. The lowest BCUT2D eigenvalue weighted by molar-refractivity contribution is -0.145. The van der Waals surface area contributed by atoms with Gasteiger partial charge in [-0.05, 0) is 17.7 Å². The first-order valence-corrected chi connectivity index (χ1v) is 10.2. The minimum absolute atomic E-state index is 0.0525. The van der Waals surface area contributed by atoms with Crippen LogP contribution in [0.1, 0.15) is 18.1 Å². The fraction of sp³-hybridized carbons (Fsp3) is 0.391. The standard InChI is InChI=1S/C23H26F2N2O4/c1-16(28)26-22(12-17-6-2-4-8-20(17)24)23(29)27-10-11-31-19(13-27)15-30-14-18-7-3-5-9-21(18)25/h2-9,19,22H,10-15H2,1H3,(H,26,28). The summed E-state index contributed by atoms with van der Waals surface area (Å²) >= 11 is 0. The molecule has 2 unspecified atom stereocenters. The average molecular weight is 432 g/mol. The number of nitrogens with zero attached hydrogens (tertiary/aromatic N) is 1. The van der Waals surface area contributed by atoms with E-state index in [2.05, 4.69) is 5.32 Å². The van der Waals surface area contributed by atoms with E-state index in [4.69, 9.17) is 9.47 Å². The van der Waals surface area contributed by atoms with Crippen molar-refractivity contribution < 1.29 is 27.8 Å². The van der Waals surface area contributed by atoms with E-state index in [1.165, 1.54) is 19.1 Å². The van der Waals surface area contributed by atoms with Crippen molar-refractivity contribution in [2.45, 2.75) is 32.1 Å². The van der Waals surface area contributed by atoms with Crippen LogP contribution >= 0.6 is 0 Å². The Morgan fingerprint density at radius 2 is 1.77 bits per heavy atom. The van der Waals surface area contributed by atoms with E-state index < -0.39 is 11.9 Å². The molecular weight excluding hydrogens is 406 g/mol. The molecule has 0 saturated carbocycles. The Balaban J connectivity index is 1.58. The molecule has 31 heavy (non-hydrogen) atoms. The molecule has 1 fully saturated rings. The molecule has 1 aliphatic rings. The van der Waals surface area contributed by atoms with Gasteiger partial charge in [0.25, 0.3) is 0 Å². The zero-order valence-electron chi connectivity index (χ0n) is 17.4. The van der Waals surface area contributed by atoms with Crippen LogP contribution in [-0.2, 0) is 32.1 Å². The third-order valence-corrected chi connectivity index (χ3v) is 5.03. The molecule has 0 bridgehead atoms. The van der Waals surface area contributed by atoms with Crippen molar-refractivity contribution in [1.82, 2.24) is 10.2 Å². The maximum absolute atomic E-state index is 14.1. The molecule has 6 nitrogen and oxygen atoms in total. The number of ether oxygens (including phenoxy) is 2. The lowest BCUT2D eigenvalue weighted by atomic mass is 10.0. The van der Waals surface area contributed by atoms with Gasteiger partial charge in [0.2, 0.25) is 11.8 Å². The second-order valence-corrected chi connectivity index (χ2v) is 7.43. The number of carbonyl (C=O) groups excluding carboxylic acids is 2. The molecule has 0 aromatic heterocycles. The maximum Gasteiger partial charge on any atom is 0.245 e. The van der Waals surface area contributed by atoms with Crippen LogP contribution in [0.5, 0.6) is 0 Å². The number of rotatable bonds is 8. The van der Waals surface area contributed by atoms with Crippen LogP contribution in [0.3, 0.4) is 0 Å². The number of nitrogens with one attached hydrogen (secondary N) is 1. The monoisotopic (exact) mass is 432 g/mol. The van der Waals surface area contributed by atoms with Crippen molar-refractivity contribution >= 4 is 11.8 Å². The summed E-state index contributed by atoms with van der Waals surface area (Å²) in [5, 5.41) is 2.63. The molecule has 8 heteroatoms. The molecule has 2 atom stereocenters. The fourth-order valence-corrected chi connectivity index (χ4v) is 3.49. The molecule has 1 aliphatic heterocycles. The first-order valence-electron chi connectivity index (χ1n) is 10.2. The van der Waals surface area contributed by atoms with Crippen LogP contribution in [0.2, 0.25) is 0 Å². The Morgan fingerprint density at radius 1 is 1.13 bits per heavy atom. The van der Waals surface area contributed by atoms with Crippen molar-refractivity contribution in [2.24, 2.45) is 0 Å². The molecule has 2 aromatic carbocycles. The van der Waals surface area contributed by atoms with Gasteiger partial charge in [-0.25, -0.2) is 8.78 Å². The fourth-order valence-electron chi connectivity index (χ4n) is 3.49. The highest BCUT2D eigenvalue weighted by atomic mass is 19.1. The number of benzene rings is 2. The van der Waals surface area contributed by atoms with E-state index in [1.807, 2.05) is 0 Å². The van der Waals surface area contributed by atoms with Gasteiger partial charge in [-0.15, -0.1) is 0 Å². The molecule has 1 N–H and O–H groups in total. The summed E-state index contributed by atoms with van der Waals surface area (Å²) < 4.78 is 39.0. The highest BCUT2D eigenvalue weighted by Gasteiger charge is 2.30. The quantitative estimate of drug-likeness (QED) is 0.696. The molecular formula is C23H26F2N2O4. The average Bonchev–Trinajstić information content (AvgIpc) is 2.75. The van der Waals surface area contributed by atoms with Gasteiger partial charge in [-0.2, -0.15) is 0 Å². The topological polar surface area (TPSA) is 67.9 Å². The summed E-state index contributed by atoms with van der Waals surface area (Å²) in [6.45, 7) is 2.55. The normalized spacial score (nSPS) is 17.3. The lowest BCUT2D eigenvalue weighted by Crippen LogP contribution is -2.54. The zero-order valence-corrected chi connectivity index (χ0v) is 17.4. The van der Waals surface area contributed by atoms with E-state index in [1.54, 1.807) is 41.3 Å². The lowest BCUT2D eigenvalue weighted by Gasteiger charge is -2.35. The molecule has 1 heterocycles. The van der Waals surface area contributed by atoms with Gasteiger partial charge in [-0.1, -0.05) is 36.4 Å². The van der Waals surface area contributed by atoms with Crippen molar-refractivity contribution in [1.29, 1.82) is 0 Å². The smallest absolute Gasteiger partial charge is 0.245 e. The van der Waals surface area contributed by atoms with Crippen molar-refractivity contribution in [2.75, 3.05) is 26.3 Å². The number of hydrogen-bond acceptors (Lipinski definition) is 4. The highest BCUT2D eigenvalue weighted by molar-refractivity contribution is 5.87. The zero-order chi connectivity index (χ0) is 22.2. The Morgan fingerprint density at radius 3 is 2.42 bits per heavy atom. The number of carbonyl (C=O) groups is 2. The first kappa shape index (κ1) is 22.8. The Bertz CT molecular complexity index is 909. The third-order valence-electron chi connectivity index (χ3n) is 5.03. The van der Waals surface area contributed by atoms with Gasteiger partial charge < -0.3 is 19.7 Å². The van der Waals surface area contributed by atoms with Gasteiger partial charge in [0.05, 0.1) is 25.9 Å². The first-order chi connectivity index (χ1) is 14.9. The van der Waals surface area contributed by atoms with E-state index in [0.717, 1.165) is 0 Å². The molecule has 0 radical (unpaired) electrons. The van der Waals surface area contributed by atoms with E-state index in [-0.39, 0.29) is 49.9 Å². The Hall–Kier alpha value is -2.84. The second-order valence-electron chi connectivity index (χ2n) is 7.43. The minimum Gasteiger partial charge on any atom is -0.374 e. The molecule has 2 amide bonds. The van der Waals surface area contributed by atoms with Crippen LogP contribution < -0.4 is 5.32 Å². The van der Waals surface area contributed by atoms with Crippen molar-refractivity contribution in [3.63, 3.8) is 0 Å². The van der Waals surface area contributed by atoms with Gasteiger partial charge in [0.15, 0.2) is 0 Å².